The molecule has 2 nitrogen and oxygen atoms in total. The van der Waals surface area contributed by atoms with Crippen LogP contribution in [0.4, 0.5) is 0 Å². The van der Waals surface area contributed by atoms with E-state index < -0.39 is 5.60 Å². The van der Waals surface area contributed by atoms with Crippen molar-refractivity contribution in [1.29, 1.82) is 0 Å². The molecule has 0 aromatic carbocycles. The summed E-state index contributed by atoms with van der Waals surface area (Å²) in [7, 11) is 0. The van der Waals surface area contributed by atoms with E-state index in [2.05, 4.69) is 26.5 Å². The third-order valence-electron chi connectivity index (χ3n) is 6.42. The molecule has 0 bridgehead atoms. The van der Waals surface area contributed by atoms with Crippen molar-refractivity contribution in [3.8, 4) is 0 Å². The minimum atomic E-state index is -0.704. The van der Waals surface area contributed by atoms with E-state index in [1.54, 1.807) is 0 Å². The summed E-state index contributed by atoms with van der Waals surface area (Å²) in [5, 5.41) is 9.86. The molecule has 1 N–H and O–H groups in total. The van der Waals surface area contributed by atoms with Crippen LogP contribution in [0.25, 0.3) is 0 Å². The van der Waals surface area contributed by atoms with Gasteiger partial charge in [-0.2, -0.15) is 0 Å². The molecule has 0 spiro atoms. The highest BCUT2D eigenvalue weighted by molar-refractivity contribution is 5.18. The van der Waals surface area contributed by atoms with Crippen LogP contribution in [0.3, 0.4) is 0 Å². The molecule has 3 fully saturated rings. The summed E-state index contributed by atoms with van der Waals surface area (Å²) in [4.78, 5) is 0. The molecule has 0 unspecified atom stereocenters. The van der Waals surface area contributed by atoms with E-state index in [0.29, 0.717) is 17.4 Å². The monoisotopic (exact) mass is 304 g/mol. The molecule has 1 saturated heterocycles. The SMILES string of the molecule is C=C1CC[C@H]2O[C@]2(C)CC[C@@H]2[C@@H]1C[C@]2(C)C/C=C/C(C)(C)O. The van der Waals surface area contributed by atoms with Crippen molar-refractivity contribution >= 4 is 0 Å². The number of epoxide rings is 1. The molecule has 3 rings (SSSR count). The van der Waals surface area contributed by atoms with Gasteiger partial charge in [0.05, 0.1) is 17.3 Å². The number of aliphatic hydroxyl groups is 1. The van der Waals surface area contributed by atoms with Gasteiger partial charge in [0.2, 0.25) is 0 Å². The van der Waals surface area contributed by atoms with Crippen molar-refractivity contribution in [1.82, 2.24) is 0 Å². The molecule has 3 aliphatic rings. The van der Waals surface area contributed by atoms with Crippen LogP contribution in [-0.4, -0.2) is 22.4 Å². The summed E-state index contributed by atoms with van der Waals surface area (Å²) in [5.74, 6) is 1.44. The van der Waals surface area contributed by atoms with Crippen LogP contribution in [0.15, 0.2) is 24.3 Å². The van der Waals surface area contributed by atoms with Gasteiger partial charge in [-0.1, -0.05) is 31.2 Å². The number of rotatable bonds is 3. The fourth-order valence-corrected chi connectivity index (χ4v) is 4.77. The molecule has 1 heterocycles. The van der Waals surface area contributed by atoms with Crippen LogP contribution in [-0.2, 0) is 4.74 Å². The third kappa shape index (κ3) is 3.05. The Morgan fingerprint density at radius 1 is 1.36 bits per heavy atom. The summed E-state index contributed by atoms with van der Waals surface area (Å²) in [6, 6.07) is 0. The van der Waals surface area contributed by atoms with Gasteiger partial charge in [0, 0.05) is 0 Å². The van der Waals surface area contributed by atoms with Crippen molar-refractivity contribution in [2.45, 2.75) is 83.5 Å². The van der Waals surface area contributed by atoms with Crippen LogP contribution in [0.2, 0.25) is 0 Å². The first-order valence-corrected chi connectivity index (χ1v) is 8.89. The lowest BCUT2D eigenvalue weighted by Crippen LogP contribution is -2.46. The lowest BCUT2D eigenvalue weighted by Gasteiger charge is -2.55. The maximum atomic E-state index is 9.86. The van der Waals surface area contributed by atoms with Gasteiger partial charge in [0.15, 0.2) is 0 Å². The van der Waals surface area contributed by atoms with Gasteiger partial charge >= 0.3 is 0 Å². The minimum absolute atomic E-state index is 0.147. The first-order valence-electron chi connectivity index (χ1n) is 8.89. The van der Waals surface area contributed by atoms with Gasteiger partial charge in [0.1, 0.15) is 0 Å². The zero-order chi connectivity index (χ0) is 16.2. The Bertz CT molecular complexity index is 486. The molecule has 0 aromatic heterocycles. The molecular weight excluding hydrogens is 272 g/mol. The molecule has 0 amide bonds. The quantitative estimate of drug-likeness (QED) is 0.609. The number of allylic oxidation sites excluding steroid dienone is 2. The second-order valence-electron chi connectivity index (χ2n) is 8.99. The number of ether oxygens (including phenoxy) is 1. The van der Waals surface area contributed by atoms with Gasteiger partial charge < -0.3 is 9.84 Å². The fraction of sp³-hybridized carbons (Fsp3) is 0.800. The Balaban J connectivity index is 1.68. The van der Waals surface area contributed by atoms with E-state index in [0.717, 1.165) is 25.2 Å². The van der Waals surface area contributed by atoms with Gasteiger partial charge in [-0.05, 0) is 76.5 Å². The predicted molar refractivity (Wildman–Crippen MR) is 90.6 cm³/mol. The molecular formula is C20H32O2. The molecule has 1 aliphatic heterocycles. The van der Waals surface area contributed by atoms with Gasteiger partial charge in [-0.15, -0.1) is 0 Å². The molecule has 124 valence electrons. The van der Waals surface area contributed by atoms with Crippen molar-refractivity contribution in [2.24, 2.45) is 17.3 Å². The van der Waals surface area contributed by atoms with Crippen LogP contribution in [0, 0.1) is 17.3 Å². The maximum Gasteiger partial charge on any atom is 0.0920 e. The standard InChI is InChI=1S/C20H32O2/c1-14-7-8-17-20(5,22-17)12-9-16-15(14)13-19(16,4)11-6-10-18(2,3)21/h6,10,15-17,21H,1,7-9,11-13H2,2-5H3/b10-6+/t15-,16-,17-,19+,20-/m1/s1. The smallest absolute Gasteiger partial charge is 0.0920 e. The van der Waals surface area contributed by atoms with E-state index in [1.807, 2.05) is 19.9 Å². The second-order valence-corrected chi connectivity index (χ2v) is 8.99. The fourth-order valence-electron chi connectivity index (χ4n) is 4.77. The molecule has 0 radical (unpaired) electrons. The van der Waals surface area contributed by atoms with Crippen molar-refractivity contribution in [2.75, 3.05) is 0 Å². The van der Waals surface area contributed by atoms with Gasteiger partial charge in [-0.3, -0.25) is 0 Å². The topological polar surface area (TPSA) is 32.8 Å². The van der Waals surface area contributed by atoms with Crippen LogP contribution >= 0.6 is 0 Å². The second kappa shape index (κ2) is 5.21. The van der Waals surface area contributed by atoms with E-state index in [-0.39, 0.29) is 5.60 Å². The Labute approximate surface area is 135 Å². The molecule has 0 aromatic rings. The van der Waals surface area contributed by atoms with Gasteiger partial charge in [0.25, 0.3) is 0 Å². The molecule has 5 atom stereocenters. The number of fused-ring (bicyclic) bond motifs is 2. The van der Waals surface area contributed by atoms with E-state index >= 15 is 0 Å². The highest BCUT2D eigenvalue weighted by Crippen LogP contribution is 2.61. The van der Waals surface area contributed by atoms with Gasteiger partial charge in [-0.25, -0.2) is 0 Å². The minimum Gasteiger partial charge on any atom is -0.386 e. The zero-order valence-electron chi connectivity index (χ0n) is 14.7. The average Bonchev–Trinajstić information content (AvgIpc) is 3.01. The summed E-state index contributed by atoms with van der Waals surface area (Å²) in [6.45, 7) is 12.8. The third-order valence-corrected chi connectivity index (χ3v) is 6.42. The highest BCUT2D eigenvalue weighted by atomic mass is 16.6. The Kier molecular flexibility index (Phi) is 3.85. The van der Waals surface area contributed by atoms with Crippen molar-refractivity contribution in [3.63, 3.8) is 0 Å². The lowest BCUT2D eigenvalue weighted by molar-refractivity contribution is -0.0167. The molecule has 2 aliphatic carbocycles. The average molecular weight is 304 g/mol. The van der Waals surface area contributed by atoms with Crippen molar-refractivity contribution < 1.29 is 9.84 Å². The van der Waals surface area contributed by atoms with E-state index in [1.165, 1.54) is 24.8 Å². The first-order chi connectivity index (χ1) is 10.1. The van der Waals surface area contributed by atoms with Crippen LogP contribution in [0.5, 0.6) is 0 Å². The Morgan fingerprint density at radius 3 is 2.77 bits per heavy atom. The molecule has 22 heavy (non-hydrogen) atoms. The summed E-state index contributed by atoms with van der Waals surface area (Å²) < 4.78 is 5.94. The summed E-state index contributed by atoms with van der Waals surface area (Å²) in [6.07, 6.45) is 11.7. The van der Waals surface area contributed by atoms with Crippen molar-refractivity contribution in [3.05, 3.63) is 24.3 Å². The summed E-state index contributed by atoms with van der Waals surface area (Å²) in [5.41, 5.74) is 1.26. The largest absolute Gasteiger partial charge is 0.386 e. The number of hydrogen-bond acceptors (Lipinski definition) is 2. The lowest BCUT2D eigenvalue weighted by atomic mass is 9.50. The van der Waals surface area contributed by atoms with Crippen LogP contribution in [0.1, 0.15) is 66.2 Å². The highest BCUT2D eigenvalue weighted by Gasteiger charge is 2.56. The summed E-state index contributed by atoms with van der Waals surface area (Å²) >= 11 is 0. The zero-order valence-corrected chi connectivity index (χ0v) is 14.7. The maximum absolute atomic E-state index is 9.86. The Morgan fingerprint density at radius 2 is 2.09 bits per heavy atom. The Hall–Kier alpha value is -0.600. The predicted octanol–water partition coefficient (Wildman–Crippen LogP) is 4.63. The van der Waals surface area contributed by atoms with E-state index in [9.17, 15) is 5.11 Å². The van der Waals surface area contributed by atoms with E-state index in [4.69, 9.17) is 4.74 Å². The van der Waals surface area contributed by atoms with Crippen LogP contribution < -0.4 is 0 Å². The normalized spacial score (nSPS) is 45.3. The molecule has 2 saturated carbocycles. The molecule has 2 heteroatoms. The number of hydrogen-bond donors (Lipinski definition) is 1. The first kappa shape index (κ1) is 16.3.